The topological polar surface area (TPSA) is 29.1 Å². The van der Waals surface area contributed by atoms with E-state index in [1.54, 1.807) is 0 Å². The first-order valence-corrected chi connectivity index (χ1v) is 2.90. The highest BCUT2D eigenvalue weighted by molar-refractivity contribution is 6.67. The molecule has 5 heteroatoms. The Morgan fingerprint density at radius 3 is 1.88 bits per heavy atom. The fourth-order valence-electron chi connectivity index (χ4n) is 0.200. The summed E-state index contributed by atoms with van der Waals surface area (Å²) in [6.45, 7) is 1.27. The molecule has 0 aliphatic carbocycles. The van der Waals surface area contributed by atoms with Gasteiger partial charge in [-0.1, -0.05) is 34.8 Å². The van der Waals surface area contributed by atoms with Crippen LogP contribution in [0.3, 0.4) is 0 Å². The highest BCUT2D eigenvalue weighted by atomic mass is 35.6. The molecule has 0 spiro atoms. The van der Waals surface area contributed by atoms with Gasteiger partial charge in [0.1, 0.15) is 0 Å². The van der Waals surface area contributed by atoms with Crippen molar-refractivity contribution in [3.8, 4) is 0 Å². The molecule has 48 valence electrons. The predicted molar refractivity (Wildman–Crippen MR) is 34.1 cm³/mol. The van der Waals surface area contributed by atoms with E-state index < -0.39 is 3.92 Å². The van der Waals surface area contributed by atoms with Crippen molar-refractivity contribution in [3.05, 3.63) is 0 Å². The van der Waals surface area contributed by atoms with Gasteiger partial charge in [-0.15, -0.1) is 0 Å². The molecule has 0 aromatic carbocycles. The second kappa shape index (κ2) is 2.76. The van der Waals surface area contributed by atoms with Crippen LogP contribution in [0.5, 0.6) is 0 Å². The fraction of sp³-hybridized carbons (Fsp3) is 0.667. The first kappa shape index (κ1) is 8.34. The van der Waals surface area contributed by atoms with Crippen molar-refractivity contribution in [2.75, 3.05) is 0 Å². The molecule has 1 N–H and O–H groups in total. The molecule has 1 amide bonds. The van der Waals surface area contributed by atoms with Gasteiger partial charge < -0.3 is 5.32 Å². The number of carbonyl (C=O) groups excluding carboxylic acids is 1. The number of hydrogen-bond donors (Lipinski definition) is 1. The van der Waals surface area contributed by atoms with Crippen LogP contribution in [-0.4, -0.2) is 9.82 Å². The second-order valence-corrected chi connectivity index (χ2v) is 3.46. The summed E-state index contributed by atoms with van der Waals surface area (Å²) in [7, 11) is 0. The lowest BCUT2D eigenvalue weighted by atomic mass is 10.7. The van der Waals surface area contributed by atoms with Crippen LogP contribution in [0.25, 0.3) is 0 Å². The van der Waals surface area contributed by atoms with E-state index in [1.807, 2.05) is 5.32 Å². The Morgan fingerprint density at radius 2 is 1.88 bits per heavy atom. The van der Waals surface area contributed by atoms with Gasteiger partial charge in [-0.25, -0.2) is 0 Å². The third kappa shape index (κ3) is 6.34. The van der Waals surface area contributed by atoms with E-state index in [9.17, 15) is 4.79 Å². The van der Waals surface area contributed by atoms with Crippen LogP contribution >= 0.6 is 34.8 Å². The molecule has 0 fully saturated rings. The van der Waals surface area contributed by atoms with Crippen molar-refractivity contribution in [2.24, 2.45) is 0 Å². The van der Waals surface area contributed by atoms with Crippen molar-refractivity contribution >= 4 is 40.7 Å². The van der Waals surface area contributed by atoms with E-state index in [2.05, 4.69) is 0 Å². The quantitative estimate of drug-likeness (QED) is 0.439. The van der Waals surface area contributed by atoms with Gasteiger partial charge in [-0.2, -0.15) is 0 Å². The highest BCUT2D eigenvalue weighted by Gasteiger charge is 2.19. The van der Waals surface area contributed by atoms with Gasteiger partial charge in [0.25, 0.3) is 3.92 Å². The average Bonchev–Trinajstić information content (AvgIpc) is 1.21. The molecule has 0 aliphatic heterocycles. The molecule has 0 aromatic heterocycles. The number of carbonyl (C=O) groups is 1. The van der Waals surface area contributed by atoms with Gasteiger partial charge in [0, 0.05) is 6.92 Å². The lowest BCUT2D eigenvalue weighted by Gasteiger charge is -2.09. The van der Waals surface area contributed by atoms with Crippen LogP contribution in [0.4, 0.5) is 0 Å². The first-order chi connectivity index (χ1) is 3.42. The molecule has 0 aliphatic rings. The first-order valence-electron chi connectivity index (χ1n) is 1.77. The van der Waals surface area contributed by atoms with Crippen molar-refractivity contribution in [1.82, 2.24) is 5.32 Å². The zero-order chi connectivity index (χ0) is 6.78. The van der Waals surface area contributed by atoms with Crippen LogP contribution in [0.1, 0.15) is 6.92 Å². The summed E-state index contributed by atoms with van der Waals surface area (Å²) in [4.78, 5) is 10.1. The third-order valence-corrected chi connectivity index (χ3v) is 0.601. The summed E-state index contributed by atoms with van der Waals surface area (Å²) >= 11 is 15.4. The van der Waals surface area contributed by atoms with Crippen molar-refractivity contribution < 1.29 is 4.79 Å². The predicted octanol–water partition coefficient (Wildman–Crippen LogP) is 1.45. The zero-order valence-electron chi connectivity index (χ0n) is 4.04. The van der Waals surface area contributed by atoms with Gasteiger partial charge >= 0.3 is 0 Å². The fourth-order valence-corrected chi connectivity index (χ4v) is 0.599. The normalized spacial score (nSPS) is 11.0. The van der Waals surface area contributed by atoms with E-state index in [4.69, 9.17) is 34.8 Å². The summed E-state index contributed by atoms with van der Waals surface area (Å²) in [6, 6.07) is 0. The molecule has 0 aromatic rings. The molecule has 0 rings (SSSR count). The Kier molecular flexibility index (Phi) is 2.88. The minimum absolute atomic E-state index is 0.370. The monoisotopic (exact) mass is 175 g/mol. The lowest BCUT2D eigenvalue weighted by Crippen LogP contribution is -2.32. The Morgan fingerprint density at radius 1 is 1.50 bits per heavy atom. The molecule has 0 saturated carbocycles. The second-order valence-electron chi connectivity index (χ2n) is 1.18. The average molecular weight is 176 g/mol. The van der Waals surface area contributed by atoms with Crippen LogP contribution in [0, 0.1) is 0 Å². The van der Waals surface area contributed by atoms with E-state index in [0.29, 0.717) is 0 Å². The summed E-state index contributed by atoms with van der Waals surface area (Å²) < 4.78 is -1.66. The SMILES string of the molecule is CC(=O)NC(Cl)(Cl)Cl. The Balaban J connectivity index is 3.55. The maximum atomic E-state index is 10.1. The van der Waals surface area contributed by atoms with Crippen LogP contribution in [-0.2, 0) is 4.79 Å². The number of amides is 1. The van der Waals surface area contributed by atoms with Crippen LogP contribution in [0.2, 0.25) is 0 Å². The van der Waals surface area contributed by atoms with E-state index >= 15 is 0 Å². The maximum absolute atomic E-state index is 10.1. The molecule has 2 nitrogen and oxygen atoms in total. The Bertz CT molecular complexity index is 97.2. The van der Waals surface area contributed by atoms with E-state index in [0.717, 1.165) is 0 Å². The molecular formula is C3H4Cl3NO. The summed E-state index contributed by atoms with van der Waals surface area (Å²) in [6.07, 6.45) is 0. The summed E-state index contributed by atoms with van der Waals surface area (Å²) in [5.41, 5.74) is 0. The minimum Gasteiger partial charge on any atom is -0.312 e. The molecular weight excluding hydrogens is 172 g/mol. The summed E-state index contributed by atoms with van der Waals surface area (Å²) in [5.74, 6) is -0.370. The molecule has 0 unspecified atom stereocenters. The number of hydrogen-bond acceptors (Lipinski definition) is 1. The standard InChI is InChI=1S/C3H4Cl3NO/c1-2(8)7-3(4,5)6/h1H3,(H,7,8). The van der Waals surface area contributed by atoms with Crippen LogP contribution < -0.4 is 5.32 Å². The smallest absolute Gasteiger partial charge is 0.267 e. The number of alkyl halides is 3. The minimum atomic E-state index is -1.66. The van der Waals surface area contributed by atoms with Crippen molar-refractivity contribution in [3.63, 3.8) is 0 Å². The number of rotatable bonds is 0. The van der Waals surface area contributed by atoms with Crippen molar-refractivity contribution in [2.45, 2.75) is 10.8 Å². The number of halogens is 3. The molecule has 0 atom stereocenters. The van der Waals surface area contributed by atoms with Gasteiger partial charge in [0.05, 0.1) is 0 Å². The molecule has 0 bridgehead atoms. The molecule has 0 heterocycles. The van der Waals surface area contributed by atoms with Gasteiger partial charge in [0.15, 0.2) is 0 Å². The van der Waals surface area contributed by atoms with Gasteiger partial charge in [-0.3, -0.25) is 4.79 Å². The summed E-state index contributed by atoms with van der Waals surface area (Å²) in [5, 5.41) is 2.04. The van der Waals surface area contributed by atoms with E-state index in [-0.39, 0.29) is 5.91 Å². The molecule has 0 radical (unpaired) electrons. The number of nitrogens with one attached hydrogen (secondary N) is 1. The highest BCUT2D eigenvalue weighted by Crippen LogP contribution is 2.21. The van der Waals surface area contributed by atoms with Crippen molar-refractivity contribution in [1.29, 1.82) is 0 Å². The zero-order valence-corrected chi connectivity index (χ0v) is 6.31. The van der Waals surface area contributed by atoms with E-state index in [1.165, 1.54) is 6.92 Å². The molecule has 0 saturated heterocycles. The largest absolute Gasteiger partial charge is 0.312 e. The van der Waals surface area contributed by atoms with Gasteiger partial charge in [0.2, 0.25) is 5.91 Å². The third-order valence-electron chi connectivity index (χ3n) is 0.318. The maximum Gasteiger partial charge on any atom is 0.267 e. The lowest BCUT2D eigenvalue weighted by molar-refractivity contribution is -0.119. The Labute approximate surface area is 62.1 Å². The molecule has 8 heavy (non-hydrogen) atoms. The van der Waals surface area contributed by atoms with Gasteiger partial charge in [-0.05, 0) is 0 Å². The Hall–Kier alpha value is 0.340. The van der Waals surface area contributed by atoms with Crippen LogP contribution in [0.15, 0.2) is 0 Å².